The molecule has 1 radical (unpaired) electrons. The van der Waals surface area contributed by atoms with E-state index in [1.807, 2.05) is 61.3 Å². The molecule has 0 N–H and O–H groups in total. The molecule has 0 aliphatic rings. The first-order valence-corrected chi connectivity index (χ1v) is 9.27. The van der Waals surface area contributed by atoms with E-state index in [0.29, 0.717) is 11.8 Å². The first kappa shape index (κ1) is 16.0. The first-order chi connectivity index (χ1) is 12.2. The second kappa shape index (κ2) is 6.77. The van der Waals surface area contributed by atoms with Crippen molar-refractivity contribution in [2.24, 2.45) is 14.1 Å². The molecule has 0 atom stereocenters. The van der Waals surface area contributed by atoms with Gasteiger partial charge in [-0.05, 0) is 22.9 Å². The summed E-state index contributed by atoms with van der Waals surface area (Å²) in [6, 6.07) is 11.8. The van der Waals surface area contributed by atoms with Crippen molar-refractivity contribution < 1.29 is 9.31 Å². The van der Waals surface area contributed by atoms with Crippen molar-refractivity contribution in [3.63, 3.8) is 0 Å². The van der Waals surface area contributed by atoms with Gasteiger partial charge in [0.25, 0.3) is 0 Å². The van der Waals surface area contributed by atoms with Crippen LogP contribution in [0.15, 0.2) is 47.2 Å². The number of aromatic nitrogens is 4. The fraction of sp³-hybridized carbons (Fsp3) is 0.125. The summed E-state index contributed by atoms with van der Waals surface area (Å²) >= 11 is 3.28. The summed E-state index contributed by atoms with van der Waals surface area (Å²) in [7, 11) is 4.96. The van der Waals surface area contributed by atoms with Crippen LogP contribution in [-0.4, -0.2) is 27.2 Å². The molecule has 0 aliphatic heterocycles. The Hall–Kier alpha value is -2.52. The second-order valence-corrected chi connectivity index (χ2v) is 7.16. The van der Waals surface area contributed by atoms with Crippen LogP contribution >= 0.6 is 22.7 Å². The van der Waals surface area contributed by atoms with E-state index < -0.39 is 0 Å². The largest absolute Gasteiger partial charge is 0.660 e. The molecule has 0 spiro atoms. The molecule has 0 unspecified atom stereocenters. The van der Waals surface area contributed by atoms with Gasteiger partial charge in [-0.15, -0.1) is 22.7 Å². The van der Waals surface area contributed by atoms with Crippen molar-refractivity contribution in [3.8, 4) is 32.9 Å². The highest BCUT2D eigenvalue weighted by molar-refractivity contribution is 7.13. The van der Waals surface area contributed by atoms with Gasteiger partial charge in [-0.1, -0.05) is 12.1 Å². The monoisotopic (exact) mass is 369 g/mol. The molecule has 6 nitrogen and oxygen atoms in total. The number of thiophene rings is 2. The van der Waals surface area contributed by atoms with E-state index in [2.05, 4.69) is 10.2 Å². The van der Waals surface area contributed by atoms with Crippen molar-refractivity contribution in [1.29, 1.82) is 0 Å². The Kier molecular flexibility index (Phi) is 4.33. The van der Waals surface area contributed by atoms with Gasteiger partial charge in [-0.2, -0.15) is 10.2 Å². The topological polar surface area (TPSA) is 54.1 Å². The molecule has 0 amide bonds. The summed E-state index contributed by atoms with van der Waals surface area (Å²) in [5, 5.41) is 12.9. The molecule has 25 heavy (non-hydrogen) atoms. The van der Waals surface area contributed by atoms with Crippen molar-refractivity contribution >= 4 is 30.4 Å². The van der Waals surface area contributed by atoms with Gasteiger partial charge in [-0.3, -0.25) is 0 Å². The molecule has 0 bridgehead atoms. The third-order valence-corrected chi connectivity index (χ3v) is 5.34. The Balaban J connectivity index is 1.41. The maximum atomic E-state index is 5.59. The SMILES string of the molecule is Cn1nc(-c2cccs2)cc1O[B]Oc1cc(-c2cccs2)nn1C. The zero-order valence-corrected chi connectivity index (χ0v) is 15.3. The molecule has 0 saturated carbocycles. The standard InChI is InChI=1S/C16H14BN4O2S2/c1-20-15(9-11(18-20)13-5-3-7-24-13)22-17-23-16-10-12(19-21(16)2)14-6-4-8-25-14/h3-10H,1-2H3. The van der Waals surface area contributed by atoms with E-state index in [4.69, 9.17) is 9.31 Å². The molecule has 4 heterocycles. The van der Waals surface area contributed by atoms with Crippen LogP contribution in [0.5, 0.6) is 11.8 Å². The number of hydrogen-bond acceptors (Lipinski definition) is 6. The lowest BCUT2D eigenvalue weighted by molar-refractivity contribution is 0.408. The highest BCUT2D eigenvalue weighted by atomic mass is 32.1. The highest BCUT2D eigenvalue weighted by Crippen LogP contribution is 2.28. The van der Waals surface area contributed by atoms with Crippen LogP contribution in [0.1, 0.15) is 0 Å². The van der Waals surface area contributed by atoms with E-state index in [1.54, 1.807) is 32.0 Å². The summed E-state index contributed by atoms with van der Waals surface area (Å²) in [6.07, 6.45) is 0. The van der Waals surface area contributed by atoms with Crippen LogP contribution in [0.4, 0.5) is 0 Å². The maximum Gasteiger partial charge on any atom is 0.660 e. The van der Waals surface area contributed by atoms with Gasteiger partial charge in [0.2, 0.25) is 0 Å². The lowest BCUT2D eigenvalue weighted by Gasteiger charge is -2.05. The van der Waals surface area contributed by atoms with Gasteiger partial charge < -0.3 is 9.31 Å². The van der Waals surface area contributed by atoms with E-state index in [0.717, 1.165) is 21.1 Å². The molecule has 0 aliphatic carbocycles. The molecular weight excluding hydrogens is 355 g/mol. The minimum atomic E-state index is 0.601. The second-order valence-electron chi connectivity index (χ2n) is 5.27. The number of aryl methyl sites for hydroxylation is 2. The van der Waals surface area contributed by atoms with E-state index in [9.17, 15) is 0 Å². The zero-order chi connectivity index (χ0) is 17.2. The molecule has 0 saturated heterocycles. The summed E-state index contributed by atoms with van der Waals surface area (Å²) in [6.45, 7) is 0. The first-order valence-electron chi connectivity index (χ1n) is 7.51. The van der Waals surface area contributed by atoms with Gasteiger partial charge in [0.15, 0.2) is 11.8 Å². The minimum Gasteiger partial charge on any atom is -0.512 e. The molecule has 4 aromatic heterocycles. The zero-order valence-electron chi connectivity index (χ0n) is 13.6. The normalized spacial score (nSPS) is 10.8. The summed E-state index contributed by atoms with van der Waals surface area (Å²) < 4.78 is 14.5. The summed E-state index contributed by atoms with van der Waals surface area (Å²) in [5.74, 6) is 1.20. The number of rotatable bonds is 6. The average molecular weight is 369 g/mol. The Bertz CT molecular complexity index is 882. The Morgan fingerprint density at radius 2 is 1.32 bits per heavy atom. The van der Waals surface area contributed by atoms with Gasteiger partial charge in [-0.25, -0.2) is 9.36 Å². The lowest BCUT2D eigenvalue weighted by Crippen LogP contribution is -2.14. The average Bonchev–Trinajstić information content (AvgIpc) is 3.35. The Labute approximate surface area is 153 Å². The van der Waals surface area contributed by atoms with E-state index in [1.165, 1.54) is 7.69 Å². The van der Waals surface area contributed by atoms with Gasteiger partial charge in [0, 0.05) is 26.2 Å². The third kappa shape index (κ3) is 3.33. The van der Waals surface area contributed by atoms with Crippen LogP contribution in [0.3, 0.4) is 0 Å². The van der Waals surface area contributed by atoms with Crippen LogP contribution in [0.2, 0.25) is 0 Å². The van der Waals surface area contributed by atoms with Crippen molar-refractivity contribution in [2.75, 3.05) is 0 Å². The lowest BCUT2D eigenvalue weighted by atomic mass is 10.3. The van der Waals surface area contributed by atoms with E-state index >= 15 is 0 Å². The molecule has 0 fully saturated rings. The fourth-order valence-electron chi connectivity index (χ4n) is 2.33. The Morgan fingerprint density at radius 3 is 1.72 bits per heavy atom. The van der Waals surface area contributed by atoms with Crippen molar-refractivity contribution in [1.82, 2.24) is 19.6 Å². The maximum absolute atomic E-state index is 5.59. The highest BCUT2D eigenvalue weighted by Gasteiger charge is 2.13. The van der Waals surface area contributed by atoms with Crippen LogP contribution in [0, 0.1) is 0 Å². The quantitative estimate of drug-likeness (QED) is 0.488. The molecule has 4 rings (SSSR count). The number of hydrogen-bond donors (Lipinski definition) is 0. The molecular formula is C16H14BN4O2S2. The Morgan fingerprint density at radius 1 is 0.840 bits per heavy atom. The predicted octanol–water partition coefficient (Wildman–Crippen LogP) is 3.60. The molecule has 0 aromatic carbocycles. The molecule has 9 heteroatoms. The number of nitrogens with zero attached hydrogens (tertiary/aromatic N) is 4. The molecule has 4 aromatic rings. The van der Waals surface area contributed by atoms with Gasteiger partial charge in [0.05, 0.1) is 9.75 Å². The smallest absolute Gasteiger partial charge is 0.512 e. The predicted molar refractivity (Wildman–Crippen MR) is 100 cm³/mol. The van der Waals surface area contributed by atoms with Crippen LogP contribution in [-0.2, 0) is 14.1 Å². The van der Waals surface area contributed by atoms with Gasteiger partial charge in [0.1, 0.15) is 11.4 Å². The van der Waals surface area contributed by atoms with Crippen LogP contribution < -0.4 is 9.31 Å². The van der Waals surface area contributed by atoms with E-state index in [-0.39, 0.29) is 0 Å². The summed E-state index contributed by atoms with van der Waals surface area (Å²) in [5.41, 5.74) is 1.75. The summed E-state index contributed by atoms with van der Waals surface area (Å²) in [4.78, 5) is 2.19. The van der Waals surface area contributed by atoms with Gasteiger partial charge >= 0.3 is 7.69 Å². The van der Waals surface area contributed by atoms with Crippen LogP contribution in [0.25, 0.3) is 21.1 Å². The minimum absolute atomic E-state index is 0.601. The third-order valence-electron chi connectivity index (χ3n) is 3.56. The fourth-order valence-corrected chi connectivity index (χ4v) is 3.70. The molecule has 125 valence electrons. The van der Waals surface area contributed by atoms with Crippen molar-refractivity contribution in [3.05, 3.63) is 47.2 Å². The van der Waals surface area contributed by atoms with Crippen molar-refractivity contribution in [2.45, 2.75) is 0 Å².